The minimum Gasteiger partial charge on any atom is -0.360 e. The second-order valence-corrected chi connectivity index (χ2v) is 4.21. The van der Waals surface area contributed by atoms with Crippen LogP contribution in [0.3, 0.4) is 0 Å². The van der Waals surface area contributed by atoms with E-state index in [9.17, 15) is 10.1 Å². The smallest absolute Gasteiger partial charge is 0.292 e. The van der Waals surface area contributed by atoms with Crippen LogP contribution in [0.1, 0.15) is 13.3 Å². The molecule has 0 spiro atoms. The summed E-state index contributed by atoms with van der Waals surface area (Å²) in [5.41, 5.74) is 0.943. The molecule has 0 aliphatic carbocycles. The van der Waals surface area contributed by atoms with E-state index < -0.39 is 0 Å². The summed E-state index contributed by atoms with van der Waals surface area (Å²) in [7, 11) is 0. The maximum atomic E-state index is 11.0. The van der Waals surface area contributed by atoms with Gasteiger partial charge in [0.05, 0.1) is 4.92 Å². The number of nitrogens with zero attached hydrogens (tertiary/aromatic N) is 2. The number of benzene rings is 1. The molecule has 5 nitrogen and oxygen atoms in total. The van der Waals surface area contributed by atoms with E-state index in [0.29, 0.717) is 6.04 Å². The lowest BCUT2D eigenvalue weighted by Crippen LogP contribution is -2.51. The molecular weight excluding hydrogens is 218 g/mol. The highest BCUT2D eigenvalue weighted by atomic mass is 16.6. The fourth-order valence-electron chi connectivity index (χ4n) is 2.30. The van der Waals surface area contributed by atoms with Gasteiger partial charge >= 0.3 is 0 Å². The minimum absolute atomic E-state index is 0.202. The molecule has 0 amide bonds. The summed E-state index contributed by atoms with van der Waals surface area (Å²) >= 11 is 0. The zero-order valence-electron chi connectivity index (χ0n) is 9.93. The number of hydrogen-bond acceptors (Lipinski definition) is 4. The van der Waals surface area contributed by atoms with Gasteiger partial charge in [0.15, 0.2) is 0 Å². The van der Waals surface area contributed by atoms with Gasteiger partial charge < -0.3 is 10.2 Å². The van der Waals surface area contributed by atoms with Crippen LogP contribution in [-0.4, -0.2) is 30.6 Å². The highest BCUT2D eigenvalue weighted by Gasteiger charge is 2.26. The average Bonchev–Trinajstić information content (AvgIpc) is 2.38. The van der Waals surface area contributed by atoms with Crippen molar-refractivity contribution in [2.75, 3.05) is 24.5 Å². The molecule has 1 atom stereocenters. The lowest BCUT2D eigenvalue weighted by atomic mass is 10.1. The van der Waals surface area contributed by atoms with Crippen LogP contribution in [0.5, 0.6) is 0 Å². The van der Waals surface area contributed by atoms with Crippen molar-refractivity contribution in [1.29, 1.82) is 0 Å². The lowest BCUT2D eigenvalue weighted by Gasteiger charge is -2.37. The summed E-state index contributed by atoms with van der Waals surface area (Å²) in [6.07, 6.45) is 0.985. The molecule has 0 aromatic heterocycles. The Hall–Kier alpha value is -1.62. The number of piperazine rings is 1. The number of para-hydroxylation sites is 2. The summed E-state index contributed by atoms with van der Waals surface area (Å²) in [5, 5.41) is 14.3. The van der Waals surface area contributed by atoms with Gasteiger partial charge in [-0.25, -0.2) is 0 Å². The van der Waals surface area contributed by atoms with Gasteiger partial charge in [-0.1, -0.05) is 19.1 Å². The van der Waals surface area contributed by atoms with Crippen molar-refractivity contribution < 1.29 is 4.92 Å². The standard InChI is InChI=1S/C12H17N3O2/c1-2-10-9-13-7-8-14(10)11-5-3-4-6-12(11)15(16)17/h3-6,10,13H,2,7-9H2,1H3. The third kappa shape index (κ3) is 2.39. The van der Waals surface area contributed by atoms with Crippen molar-refractivity contribution in [2.24, 2.45) is 0 Å². The molecule has 17 heavy (non-hydrogen) atoms. The Bertz CT molecular complexity index is 408. The molecule has 1 aliphatic heterocycles. The second-order valence-electron chi connectivity index (χ2n) is 4.21. The van der Waals surface area contributed by atoms with Gasteiger partial charge in [-0.2, -0.15) is 0 Å². The Morgan fingerprint density at radius 2 is 2.29 bits per heavy atom. The Kier molecular flexibility index (Phi) is 3.58. The van der Waals surface area contributed by atoms with Crippen LogP contribution in [0.2, 0.25) is 0 Å². The summed E-state index contributed by atoms with van der Waals surface area (Å²) in [5.74, 6) is 0. The van der Waals surface area contributed by atoms with Crippen molar-refractivity contribution in [3.05, 3.63) is 34.4 Å². The van der Waals surface area contributed by atoms with E-state index in [1.165, 1.54) is 0 Å². The van der Waals surface area contributed by atoms with E-state index in [0.717, 1.165) is 31.7 Å². The molecule has 0 bridgehead atoms. The van der Waals surface area contributed by atoms with Gasteiger partial charge in [0, 0.05) is 31.7 Å². The average molecular weight is 235 g/mol. The maximum absolute atomic E-state index is 11.0. The molecule has 2 rings (SSSR count). The number of hydrogen-bond donors (Lipinski definition) is 1. The van der Waals surface area contributed by atoms with Gasteiger partial charge in [-0.15, -0.1) is 0 Å². The quantitative estimate of drug-likeness (QED) is 0.641. The first-order valence-corrected chi connectivity index (χ1v) is 5.94. The molecule has 1 unspecified atom stereocenters. The van der Waals surface area contributed by atoms with E-state index in [1.807, 2.05) is 12.1 Å². The first-order valence-electron chi connectivity index (χ1n) is 5.94. The van der Waals surface area contributed by atoms with Crippen molar-refractivity contribution in [2.45, 2.75) is 19.4 Å². The number of rotatable bonds is 3. The molecule has 1 aromatic carbocycles. The molecule has 92 valence electrons. The van der Waals surface area contributed by atoms with Gasteiger partial charge in [-0.05, 0) is 12.5 Å². The molecular formula is C12H17N3O2. The normalized spacial score (nSPS) is 20.3. The van der Waals surface area contributed by atoms with Gasteiger partial charge in [0.25, 0.3) is 5.69 Å². The second kappa shape index (κ2) is 5.14. The third-order valence-corrected chi connectivity index (χ3v) is 3.21. The van der Waals surface area contributed by atoms with E-state index in [1.54, 1.807) is 12.1 Å². The van der Waals surface area contributed by atoms with Gasteiger partial charge in [0.1, 0.15) is 5.69 Å². The van der Waals surface area contributed by atoms with E-state index in [-0.39, 0.29) is 10.6 Å². The maximum Gasteiger partial charge on any atom is 0.292 e. The number of anilines is 1. The zero-order valence-corrected chi connectivity index (χ0v) is 9.93. The van der Waals surface area contributed by atoms with Crippen LogP contribution < -0.4 is 10.2 Å². The Balaban J connectivity index is 2.34. The van der Waals surface area contributed by atoms with Crippen LogP contribution in [-0.2, 0) is 0 Å². The fourth-order valence-corrected chi connectivity index (χ4v) is 2.30. The zero-order chi connectivity index (χ0) is 12.3. The summed E-state index contributed by atoms with van der Waals surface area (Å²) in [4.78, 5) is 12.9. The monoisotopic (exact) mass is 235 g/mol. The van der Waals surface area contributed by atoms with Crippen molar-refractivity contribution in [3.8, 4) is 0 Å². The van der Waals surface area contributed by atoms with Crippen molar-refractivity contribution >= 4 is 11.4 Å². The van der Waals surface area contributed by atoms with E-state index >= 15 is 0 Å². The molecule has 1 heterocycles. The molecule has 0 radical (unpaired) electrons. The highest BCUT2D eigenvalue weighted by Crippen LogP contribution is 2.30. The Labute approximate surface area is 101 Å². The summed E-state index contributed by atoms with van der Waals surface area (Å²) in [6.45, 7) is 4.70. The first-order chi connectivity index (χ1) is 8.24. The first kappa shape index (κ1) is 11.9. The van der Waals surface area contributed by atoms with Gasteiger partial charge in [-0.3, -0.25) is 10.1 Å². The molecule has 1 saturated heterocycles. The SMILES string of the molecule is CCC1CNCCN1c1ccccc1[N+](=O)[O-]. The predicted molar refractivity (Wildman–Crippen MR) is 67.4 cm³/mol. The third-order valence-electron chi connectivity index (χ3n) is 3.21. The molecule has 1 aliphatic rings. The number of nitrogens with one attached hydrogen (secondary N) is 1. The minimum atomic E-state index is -0.302. The molecule has 0 saturated carbocycles. The summed E-state index contributed by atoms with van der Waals surface area (Å²) < 4.78 is 0. The van der Waals surface area contributed by atoms with E-state index in [2.05, 4.69) is 17.1 Å². The number of nitro groups is 1. The molecule has 5 heteroatoms. The van der Waals surface area contributed by atoms with Crippen molar-refractivity contribution in [1.82, 2.24) is 5.32 Å². The van der Waals surface area contributed by atoms with E-state index in [4.69, 9.17) is 0 Å². The van der Waals surface area contributed by atoms with Crippen LogP contribution in [0, 0.1) is 10.1 Å². The predicted octanol–water partition coefficient (Wildman–Crippen LogP) is 1.78. The largest absolute Gasteiger partial charge is 0.360 e. The van der Waals surface area contributed by atoms with Crippen LogP contribution in [0.25, 0.3) is 0 Å². The van der Waals surface area contributed by atoms with Crippen molar-refractivity contribution in [3.63, 3.8) is 0 Å². The topological polar surface area (TPSA) is 58.4 Å². The van der Waals surface area contributed by atoms with Crippen LogP contribution in [0.15, 0.2) is 24.3 Å². The van der Waals surface area contributed by atoms with Crippen LogP contribution >= 0.6 is 0 Å². The Morgan fingerprint density at radius 3 is 3.00 bits per heavy atom. The Morgan fingerprint density at radius 1 is 1.53 bits per heavy atom. The van der Waals surface area contributed by atoms with Crippen LogP contribution in [0.4, 0.5) is 11.4 Å². The van der Waals surface area contributed by atoms with Gasteiger partial charge in [0.2, 0.25) is 0 Å². The molecule has 1 N–H and O–H groups in total. The highest BCUT2D eigenvalue weighted by molar-refractivity contribution is 5.63. The fraction of sp³-hybridized carbons (Fsp3) is 0.500. The molecule has 1 aromatic rings. The molecule has 1 fully saturated rings. The number of nitro benzene ring substituents is 1. The summed E-state index contributed by atoms with van der Waals surface area (Å²) in [6, 6.07) is 7.32. The lowest BCUT2D eigenvalue weighted by molar-refractivity contribution is -0.384.